The van der Waals surface area contributed by atoms with Crippen LogP contribution in [0.4, 0.5) is 4.39 Å². The fourth-order valence-electron chi connectivity index (χ4n) is 1.73. The first-order valence-electron chi connectivity index (χ1n) is 6.08. The highest BCUT2D eigenvalue weighted by atomic mass is 19.1. The van der Waals surface area contributed by atoms with Gasteiger partial charge >= 0.3 is 0 Å². The van der Waals surface area contributed by atoms with E-state index in [1.165, 1.54) is 6.07 Å². The second-order valence-corrected chi connectivity index (χ2v) is 4.27. The van der Waals surface area contributed by atoms with Crippen molar-refractivity contribution in [1.82, 2.24) is 0 Å². The molecular weight excluding hydrogens is 259 g/mol. The first-order chi connectivity index (χ1) is 9.70. The minimum atomic E-state index is -0.442. The molecule has 0 aliphatic carbocycles. The second-order valence-electron chi connectivity index (χ2n) is 4.27. The number of nitrogens with zero attached hydrogens (tertiary/aromatic N) is 1. The molecule has 20 heavy (non-hydrogen) atoms. The summed E-state index contributed by atoms with van der Waals surface area (Å²) in [5.74, 6) is -0.567. The van der Waals surface area contributed by atoms with Crippen LogP contribution in [0.2, 0.25) is 0 Å². The Morgan fingerprint density at radius 3 is 2.55 bits per heavy atom. The van der Waals surface area contributed by atoms with Crippen LogP contribution in [0.3, 0.4) is 0 Å². The average molecular weight is 274 g/mol. The van der Waals surface area contributed by atoms with Crippen LogP contribution in [0.1, 0.15) is 16.7 Å². The van der Waals surface area contributed by atoms with Gasteiger partial charge in [-0.15, -0.1) is 0 Å². The van der Waals surface area contributed by atoms with Crippen molar-refractivity contribution in [2.24, 2.45) is 10.9 Å². The van der Waals surface area contributed by atoms with E-state index >= 15 is 0 Å². The molecule has 0 bridgehead atoms. The fraction of sp³-hybridized carbons (Fsp3) is 0.133. The van der Waals surface area contributed by atoms with Crippen LogP contribution < -0.4 is 5.73 Å². The van der Waals surface area contributed by atoms with Crippen LogP contribution in [-0.2, 0) is 18.0 Å². The zero-order valence-electron chi connectivity index (χ0n) is 10.8. The summed E-state index contributed by atoms with van der Waals surface area (Å²) in [5, 5.41) is 11.4. The molecule has 2 aromatic rings. The molecule has 2 rings (SSSR count). The summed E-state index contributed by atoms with van der Waals surface area (Å²) in [6.45, 7) is 0.583. The lowest BCUT2D eigenvalue weighted by molar-refractivity contribution is 0.105. The van der Waals surface area contributed by atoms with E-state index in [2.05, 4.69) is 5.16 Å². The molecule has 0 aromatic heterocycles. The van der Waals surface area contributed by atoms with E-state index in [4.69, 9.17) is 15.7 Å². The third-order valence-electron chi connectivity index (χ3n) is 2.83. The first-order valence-corrected chi connectivity index (χ1v) is 6.08. The molecule has 0 saturated heterocycles. The number of amidine groups is 1. The number of rotatable bonds is 5. The Morgan fingerprint density at radius 1 is 1.15 bits per heavy atom. The van der Waals surface area contributed by atoms with E-state index < -0.39 is 5.82 Å². The average Bonchev–Trinajstić information content (AvgIpc) is 2.49. The van der Waals surface area contributed by atoms with Crippen LogP contribution >= 0.6 is 0 Å². The van der Waals surface area contributed by atoms with Crippen LogP contribution in [0.15, 0.2) is 53.7 Å². The molecule has 0 aliphatic rings. The van der Waals surface area contributed by atoms with Crippen molar-refractivity contribution in [2.45, 2.75) is 13.2 Å². The minimum absolute atomic E-state index is 0.124. The Kier molecular flexibility index (Phi) is 4.68. The van der Waals surface area contributed by atoms with Crippen LogP contribution in [-0.4, -0.2) is 11.0 Å². The van der Waals surface area contributed by atoms with Crippen molar-refractivity contribution in [2.75, 3.05) is 0 Å². The van der Waals surface area contributed by atoms with E-state index in [0.29, 0.717) is 17.7 Å². The Hall–Kier alpha value is -2.40. The smallest absolute Gasteiger partial charge is 0.170 e. The number of halogens is 1. The van der Waals surface area contributed by atoms with Gasteiger partial charge in [-0.2, -0.15) is 0 Å². The number of nitrogens with two attached hydrogens (primary N) is 1. The van der Waals surface area contributed by atoms with Crippen molar-refractivity contribution < 1.29 is 14.3 Å². The molecule has 0 saturated carbocycles. The third-order valence-corrected chi connectivity index (χ3v) is 2.83. The fourth-order valence-corrected chi connectivity index (χ4v) is 1.73. The summed E-state index contributed by atoms with van der Waals surface area (Å²) in [6.07, 6.45) is 0. The van der Waals surface area contributed by atoms with Crippen molar-refractivity contribution >= 4 is 5.84 Å². The topological polar surface area (TPSA) is 67.8 Å². The summed E-state index contributed by atoms with van der Waals surface area (Å²) in [5.41, 5.74) is 7.18. The van der Waals surface area contributed by atoms with Gasteiger partial charge in [-0.1, -0.05) is 47.6 Å². The predicted molar refractivity (Wildman–Crippen MR) is 73.8 cm³/mol. The monoisotopic (exact) mass is 274 g/mol. The van der Waals surface area contributed by atoms with Crippen molar-refractivity contribution in [3.8, 4) is 0 Å². The van der Waals surface area contributed by atoms with E-state index in [1.54, 1.807) is 12.1 Å². The molecule has 0 radical (unpaired) electrons. The molecule has 0 atom stereocenters. The molecule has 5 heteroatoms. The van der Waals surface area contributed by atoms with Gasteiger partial charge in [0.05, 0.1) is 13.2 Å². The molecule has 0 aliphatic heterocycles. The number of oxime groups is 1. The van der Waals surface area contributed by atoms with Gasteiger partial charge in [0.1, 0.15) is 5.82 Å². The van der Waals surface area contributed by atoms with Gasteiger partial charge < -0.3 is 15.7 Å². The molecule has 0 spiro atoms. The van der Waals surface area contributed by atoms with E-state index in [9.17, 15) is 4.39 Å². The summed E-state index contributed by atoms with van der Waals surface area (Å²) >= 11 is 0. The number of ether oxygens (including phenoxy) is 1. The zero-order valence-corrected chi connectivity index (χ0v) is 10.8. The van der Waals surface area contributed by atoms with Crippen LogP contribution in [0.5, 0.6) is 0 Å². The maximum Gasteiger partial charge on any atom is 0.170 e. The van der Waals surface area contributed by atoms with Crippen LogP contribution in [0, 0.1) is 5.82 Å². The second kappa shape index (κ2) is 6.68. The predicted octanol–water partition coefficient (Wildman–Crippen LogP) is 2.64. The molecule has 0 amide bonds. The van der Waals surface area contributed by atoms with Crippen molar-refractivity contribution in [3.05, 3.63) is 71.0 Å². The largest absolute Gasteiger partial charge is 0.409 e. The number of benzene rings is 2. The van der Waals surface area contributed by atoms with E-state index in [0.717, 1.165) is 5.56 Å². The number of hydrogen-bond donors (Lipinski definition) is 2. The molecule has 104 valence electrons. The Balaban J connectivity index is 1.97. The van der Waals surface area contributed by atoms with Crippen molar-refractivity contribution in [1.29, 1.82) is 0 Å². The molecule has 4 nitrogen and oxygen atoms in total. The van der Waals surface area contributed by atoms with Crippen LogP contribution in [0.25, 0.3) is 0 Å². The maximum atomic E-state index is 13.8. The van der Waals surface area contributed by atoms with Gasteiger partial charge in [0, 0.05) is 11.1 Å². The standard InChI is InChI=1S/C15H15FN2O2/c16-14-8-12(15(17)18-19)6-7-13(14)10-20-9-11-4-2-1-3-5-11/h1-8,19H,9-10H2,(H2,17,18). The maximum absolute atomic E-state index is 13.8. The molecule has 3 N–H and O–H groups in total. The minimum Gasteiger partial charge on any atom is -0.409 e. The Morgan fingerprint density at radius 2 is 1.90 bits per heavy atom. The Bertz CT molecular complexity index is 600. The lowest BCUT2D eigenvalue weighted by Gasteiger charge is -2.07. The summed E-state index contributed by atoms with van der Waals surface area (Å²) in [7, 11) is 0. The van der Waals surface area contributed by atoms with Gasteiger partial charge in [-0.05, 0) is 11.6 Å². The lowest BCUT2D eigenvalue weighted by Crippen LogP contribution is -2.13. The quantitative estimate of drug-likeness (QED) is 0.381. The zero-order chi connectivity index (χ0) is 14.4. The van der Waals surface area contributed by atoms with E-state index in [1.807, 2.05) is 30.3 Å². The van der Waals surface area contributed by atoms with Gasteiger partial charge in [0.25, 0.3) is 0 Å². The molecule has 2 aromatic carbocycles. The SMILES string of the molecule is N/C(=N\O)c1ccc(COCc2ccccc2)c(F)c1. The highest BCUT2D eigenvalue weighted by Crippen LogP contribution is 2.13. The van der Waals surface area contributed by atoms with E-state index in [-0.39, 0.29) is 12.4 Å². The third kappa shape index (κ3) is 3.55. The summed E-state index contributed by atoms with van der Waals surface area (Å²) < 4.78 is 19.3. The summed E-state index contributed by atoms with van der Waals surface area (Å²) in [4.78, 5) is 0. The highest BCUT2D eigenvalue weighted by molar-refractivity contribution is 5.97. The number of hydrogen-bond acceptors (Lipinski definition) is 3. The molecule has 0 unspecified atom stereocenters. The van der Waals surface area contributed by atoms with Gasteiger partial charge in [0.15, 0.2) is 5.84 Å². The van der Waals surface area contributed by atoms with Crippen molar-refractivity contribution in [3.63, 3.8) is 0 Å². The first kappa shape index (κ1) is 14.0. The summed E-state index contributed by atoms with van der Waals surface area (Å²) in [6, 6.07) is 14.0. The Labute approximate surface area is 116 Å². The van der Waals surface area contributed by atoms with Gasteiger partial charge in [0.2, 0.25) is 0 Å². The molecule has 0 fully saturated rings. The molecular formula is C15H15FN2O2. The highest BCUT2D eigenvalue weighted by Gasteiger charge is 2.06. The molecule has 0 heterocycles. The lowest BCUT2D eigenvalue weighted by atomic mass is 10.1. The normalized spacial score (nSPS) is 11.6. The van der Waals surface area contributed by atoms with Gasteiger partial charge in [-0.25, -0.2) is 4.39 Å². The van der Waals surface area contributed by atoms with Gasteiger partial charge in [-0.3, -0.25) is 0 Å².